The van der Waals surface area contributed by atoms with Crippen LogP contribution in [0.2, 0.25) is 0 Å². The summed E-state index contributed by atoms with van der Waals surface area (Å²) in [7, 11) is -4.05. The molecule has 1 heterocycles. The average Bonchev–Trinajstić information content (AvgIpc) is 2.69. The van der Waals surface area contributed by atoms with Gasteiger partial charge in [-0.15, -0.1) is 0 Å². The van der Waals surface area contributed by atoms with Gasteiger partial charge >= 0.3 is 0 Å². The van der Waals surface area contributed by atoms with E-state index in [4.69, 9.17) is 4.74 Å². The van der Waals surface area contributed by atoms with Gasteiger partial charge in [0.2, 0.25) is 10.0 Å². The first-order chi connectivity index (χ1) is 13.4. The molecule has 0 aliphatic carbocycles. The summed E-state index contributed by atoms with van der Waals surface area (Å²) in [5, 5.41) is 14.4. The number of para-hydroxylation sites is 1. The molecule has 1 aliphatic rings. The Balaban J connectivity index is 1.85. The van der Waals surface area contributed by atoms with Crippen molar-refractivity contribution < 1.29 is 18.1 Å². The van der Waals surface area contributed by atoms with Crippen molar-refractivity contribution in [3.05, 3.63) is 64.2 Å². The van der Waals surface area contributed by atoms with E-state index in [0.717, 1.165) is 24.3 Å². The topological polar surface area (TPSA) is 111 Å². The molecule has 2 N–H and O–H groups in total. The number of rotatable bonds is 7. The smallest absolute Gasteiger partial charge is 0.289 e. The van der Waals surface area contributed by atoms with Crippen molar-refractivity contribution >= 4 is 15.7 Å². The summed E-state index contributed by atoms with van der Waals surface area (Å²) in [5.74, 6) is 0.715. The molecule has 0 unspecified atom stereocenters. The van der Waals surface area contributed by atoms with Gasteiger partial charge in [0.1, 0.15) is 5.75 Å². The summed E-state index contributed by atoms with van der Waals surface area (Å²) >= 11 is 0. The molecule has 0 radical (unpaired) electrons. The molecular weight excluding hydrogens is 382 g/mol. The molecule has 0 bridgehead atoms. The van der Waals surface area contributed by atoms with Crippen molar-refractivity contribution in [2.45, 2.75) is 30.2 Å². The quantitative estimate of drug-likeness (QED) is 0.541. The number of nitro groups is 1. The molecule has 8 nitrogen and oxygen atoms in total. The normalized spacial score (nSPS) is 19.9. The van der Waals surface area contributed by atoms with E-state index >= 15 is 0 Å². The van der Waals surface area contributed by atoms with E-state index in [2.05, 4.69) is 10.0 Å². The van der Waals surface area contributed by atoms with Gasteiger partial charge in [-0.25, -0.2) is 13.1 Å². The SMILES string of the molecule is CCOc1ccc([C@@H]2CCNC[C@@H]2NS(=O)(=O)c2ccccc2[N+](=O)[O-])cc1. The molecule has 0 spiro atoms. The zero-order valence-corrected chi connectivity index (χ0v) is 16.3. The van der Waals surface area contributed by atoms with Crippen molar-refractivity contribution in [1.82, 2.24) is 10.0 Å². The monoisotopic (exact) mass is 405 g/mol. The van der Waals surface area contributed by atoms with Crippen molar-refractivity contribution in [2.24, 2.45) is 0 Å². The van der Waals surface area contributed by atoms with Crippen LogP contribution in [0.25, 0.3) is 0 Å². The Hall–Kier alpha value is -2.49. The maximum Gasteiger partial charge on any atom is 0.289 e. The zero-order chi connectivity index (χ0) is 20.1. The fraction of sp³-hybridized carbons (Fsp3) is 0.368. The van der Waals surface area contributed by atoms with E-state index in [1.165, 1.54) is 24.3 Å². The predicted octanol–water partition coefficient (Wildman–Crippen LogP) is 2.42. The number of ether oxygens (including phenoxy) is 1. The minimum Gasteiger partial charge on any atom is -0.494 e. The van der Waals surface area contributed by atoms with Crippen LogP contribution in [-0.4, -0.2) is 39.1 Å². The number of nitrogens with one attached hydrogen (secondary N) is 2. The Bertz CT molecular complexity index is 931. The molecule has 1 saturated heterocycles. The van der Waals surface area contributed by atoms with E-state index < -0.39 is 26.7 Å². The summed E-state index contributed by atoms with van der Waals surface area (Å²) in [4.78, 5) is 10.2. The maximum atomic E-state index is 12.9. The number of nitro benzene ring substituents is 1. The average molecular weight is 405 g/mol. The van der Waals surface area contributed by atoms with Gasteiger partial charge < -0.3 is 10.1 Å². The van der Waals surface area contributed by atoms with Gasteiger partial charge in [0.25, 0.3) is 5.69 Å². The summed E-state index contributed by atoms with van der Waals surface area (Å²) < 4.78 is 33.9. The van der Waals surface area contributed by atoms with E-state index in [-0.39, 0.29) is 10.8 Å². The van der Waals surface area contributed by atoms with Crippen LogP contribution in [0.5, 0.6) is 5.75 Å². The lowest BCUT2D eigenvalue weighted by molar-refractivity contribution is -0.387. The highest BCUT2D eigenvalue weighted by molar-refractivity contribution is 7.89. The summed E-state index contributed by atoms with van der Waals surface area (Å²) in [6.45, 7) is 3.69. The first kappa shape index (κ1) is 20.2. The summed E-state index contributed by atoms with van der Waals surface area (Å²) in [6, 6.07) is 12.6. The Morgan fingerprint density at radius 2 is 1.93 bits per heavy atom. The van der Waals surface area contributed by atoms with Gasteiger partial charge in [0.15, 0.2) is 4.90 Å². The maximum absolute atomic E-state index is 12.9. The van der Waals surface area contributed by atoms with Crippen molar-refractivity contribution in [1.29, 1.82) is 0 Å². The van der Waals surface area contributed by atoms with Crippen LogP contribution in [0.1, 0.15) is 24.8 Å². The van der Waals surface area contributed by atoms with Crippen LogP contribution in [0.15, 0.2) is 53.4 Å². The van der Waals surface area contributed by atoms with Crippen molar-refractivity contribution in [2.75, 3.05) is 19.7 Å². The number of hydrogen-bond donors (Lipinski definition) is 2. The molecule has 2 atom stereocenters. The molecule has 0 amide bonds. The predicted molar refractivity (Wildman–Crippen MR) is 105 cm³/mol. The Morgan fingerprint density at radius 1 is 1.21 bits per heavy atom. The van der Waals surface area contributed by atoms with Gasteiger partial charge in [-0.1, -0.05) is 24.3 Å². The molecule has 2 aromatic carbocycles. The molecule has 0 saturated carbocycles. The Morgan fingerprint density at radius 3 is 2.61 bits per heavy atom. The molecule has 1 fully saturated rings. The molecule has 2 aromatic rings. The van der Waals surface area contributed by atoms with Crippen LogP contribution >= 0.6 is 0 Å². The van der Waals surface area contributed by atoms with E-state index in [0.29, 0.717) is 13.2 Å². The van der Waals surface area contributed by atoms with Crippen molar-refractivity contribution in [3.63, 3.8) is 0 Å². The van der Waals surface area contributed by atoms with Gasteiger partial charge in [0.05, 0.1) is 11.5 Å². The van der Waals surface area contributed by atoms with Crippen LogP contribution in [0.4, 0.5) is 5.69 Å². The van der Waals surface area contributed by atoms with E-state index in [1.807, 2.05) is 31.2 Å². The van der Waals surface area contributed by atoms with Crippen LogP contribution in [0.3, 0.4) is 0 Å². The second-order valence-corrected chi connectivity index (χ2v) is 8.24. The van der Waals surface area contributed by atoms with Crippen LogP contribution in [0, 0.1) is 10.1 Å². The summed E-state index contributed by atoms with van der Waals surface area (Å²) in [6.07, 6.45) is 0.748. The third kappa shape index (κ3) is 4.49. The number of benzene rings is 2. The summed E-state index contributed by atoms with van der Waals surface area (Å²) in [5.41, 5.74) is 0.566. The molecule has 9 heteroatoms. The minimum absolute atomic E-state index is 0.0468. The first-order valence-corrected chi connectivity index (χ1v) is 10.6. The number of hydrogen-bond acceptors (Lipinski definition) is 6. The third-order valence-corrected chi connectivity index (χ3v) is 6.30. The largest absolute Gasteiger partial charge is 0.494 e. The fourth-order valence-electron chi connectivity index (χ4n) is 3.46. The Kier molecular flexibility index (Phi) is 6.28. The highest BCUT2D eigenvalue weighted by Gasteiger charge is 2.33. The highest BCUT2D eigenvalue weighted by Crippen LogP contribution is 2.30. The molecule has 3 rings (SSSR count). The lowest BCUT2D eigenvalue weighted by atomic mass is 9.86. The number of sulfonamides is 1. The van der Waals surface area contributed by atoms with Gasteiger partial charge in [-0.3, -0.25) is 10.1 Å². The van der Waals surface area contributed by atoms with E-state index in [9.17, 15) is 18.5 Å². The van der Waals surface area contributed by atoms with E-state index in [1.54, 1.807) is 0 Å². The van der Waals surface area contributed by atoms with Crippen LogP contribution in [-0.2, 0) is 10.0 Å². The molecule has 0 aromatic heterocycles. The fourth-order valence-corrected chi connectivity index (χ4v) is 4.91. The number of nitrogens with zero attached hydrogens (tertiary/aromatic N) is 1. The molecular formula is C19H23N3O5S. The van der Waals surface area contributed by atoms with Crippen molar-refractivity contribution in [3.8, 4) is 5.75 Å². The van der Waals surface area contributed by atoms with Gasteiger partial charge in [0, 0.05) is 24.6 Å². The Labute approximate surface area is 164 Å². The lowest BCUT2D eigenvalue weighted by Crippen LogP contribution is -2.49. The van der Waals surface area contributed by atoms with Crippen LogP contribution < -0.4 is 14.8 Å². The van der Waals surface area contributed by atoms with Gasteiger partial charge in [-0.05, 0) is 43.7 Å². The standard InChI is InChI=1S/C19H23N3O5S/c1-2-27-15-9-7-14(8-10-15)16-11-12-20-13-17(16)21-28(25,26)19-6-4-3-5-18(19)22(23)24/h3-10,16-17,20-21H,2,11-13H2,1H3/t16-,17-/m0/s1. The molecule has 28 heavy (non-hydrogen) atoms. The van der Waals surface area contributed by atoms with Gasteiger partial charge in [-0.2, -0.15) is 0 Å². The second-order valence-electron chi connectivity index (χ2n) is 6.55. The second kappa shape index (κ2) is 8.68. The third-order valence-electron chi connectivity index (χ3n) is 4.76. The first-order valence-electron chi connectivity index (χ1n) is 9.11. The molecule has 150 valence electrons. The number of piperidine rings is 1. The zero-order valence-electron chi connectivity index (χ0n) is 15.5. The molecule has 1 aliphatic heterocycles. The lowest BCUT2D eigenvalue weighted by Gasteiger charge is -2.33. The minimum atomic E-state index is -4.05. The highest BCUT2D eigenvalue weighted by atomic mass is 32.2.